The molecular formula is C14H24N2O2. The van der Waals surface area contributed by atoms with Gasteiger partial charge in [0, 0.05) is 26.3 Å². The van der Waals surface area contributed by atoms with Gasteiger partial charge in [-0.1, -0.05) is 6.42 Å². The number of carbonyl (C=O) groups is 1. The minimum absolute atomic E-state index is 0.0914. The number of piperidine rings is 1. The van der Waals surface area contributed by atoms with Crippen LogP contribution < -0.4 is 5.32 Å². The lowest BCUT2D eigenvalue weighted by Gasteiger charge is -2.34. The molecule has 0 saturated carbocycles. The summed E-state index contributed by atoms with van der Waals surface area (Å²) in [5.41, 5.74) is 0.378. The highest BCUT2D eigenvalue weighted by Crippen LogP contribution is 2.39. The average molecular weight is 252 g/mol. The van der Waals surface area contributed by atoms with Crippen molar-refractivity contribution < 1.29 is 9.53 Å². The molecule has 1 spiro atoms. The highest BCUT2D eigenvalue weighted by molar-refractivity contribution is 5.82. The van der Waals surface area contributed by atoms with Crippen LogP contribution in [0.15, 0.2) is 0 Å². The van der Waals surface area contributed by atoms with E-state index >= 15 is 0 Å². The van der Waals surface area contributed by atoms with E-state index in [0.717, 1.165) is 52.1 Å². The van der Waals surface area contributed by atoms with Crippen molar-refractivity contribution in [2.24, 2.45) is 5.41 Å². The fraction of sp³-hybridized carbons (Fsp3) is 0.929. The third kappa shape index (κ3) is 2.41. The number of carbonyl (C=O) groups excluding carboxylic acids is 1. The number of ether oxygens (including phenoxy) is 1. The first-order valence-electron chi connectivity index (χ1n) is 7.39. The van der Waals surface area contributed by atoms with Gasteiger partial charge in [-0.05, 0) is 44.1 Å². The molecule has 0 bridgehead atoms. The fourth-order valence-corrected chi connectivity index (χ4v) is 3.62. The molecule has 0 radical (unpaired) electrons. The minimum Gasteiger partial charge on any atom is -0.381 e. The molecular weight excluding hydrogens is 228 g/mol. The van der Waals surface area contributed by atoms with Crippen LogP contribution in [0.25, 0.3) is 0 Å². The van der Waals surface area contributed by atoms with Gasteiger partial charge in [-0.25, -0.2) is 0 Å². The number of nitrogens with zero attached hydrogens (tertiary/aromatic N) is 1. The lowest BCUT2D eigenvalue weighted by atomic mass is 9.80. The van der Waals surface area contributed by atoms with E-state index in [0.29, 0.717) is 11.3 Å². The highest BCUT2D eigenvalue weighted by atomic mass is 16.5. The molecule has 0 aliphatic carbocycles. The summed E-state index contributed by atoms with van der Waals surface area (Å²) in [6.07, 6.45) is 6.87. The highest BCUT2D eigenvalue weighted by Gasteiger charge is 2.42. The molecule has 0 aromatic carbocycles. The standard InChI is InChI=1S/C14H24N2O2/c17-13(12-3-1-2-7-15-12)16-8-4-14(11-16)5-9-18-10-6-14/h12,15H,1-11H2. The third-order valence-corrected chi connectivity index (χ3v) is 4.91. The summed E-state index contributed by atoms with van der Waals surface area (Å²) in [7, 11) is 0. The molecule has 102 valence electrons. The van der Waals surface area contributed by atoms with Gasteiger partial charge in [0.05, 0.1) is 6.04 Å². The van der Waals surface area contributed by atoms with Gasteiger partial charge >= 0.3 is 0 Å². The quantitative estimate of drug-likeness (QED) is 0.761. The maximum atomic E-state index is 12.5. The van der Waals surface area contributed by atoms with Crippen LogP contribution in [0.1, 0.15) is 38.5 Å². The summed E-state index contributed by atoms with van der Waals surface area (Å²) < 4.78 is 5.45. The summed E-state index contributed by atoms with van der Waals surface area (Å²) >= 11 is 0. The molecule has 4 nitrogen and oxygen atoms in total. The Balaban J connectivity index is 1.59. The van der Waals surface area contributed by atoms with Crippen molar-refractivity contribution in [1.82, 2.24) is 10.2 Å². The van der Waals surface area contributed by atoms with Gasteiger partial charge in [-0.3, -0.25) is 4.79 Å². The Morgan fingerprint density at radius 2 is 2.06 bits per heavy atom. The lowest BCUT2D eigenvalue weighted by molar-refractivity contribution is -0.133. The normalized spacial score (nSPS) is 31.8. The number of hydrogen-bond donors (Lipinski definition) is 1. The molecule has 3 fully saturated rings. The molecule has 1 atom stereocenters. The summed E-state index contributed by atoms with van der Waals surface area (Å²) in [6, 6.07) is 0.0914. The number of hydrogen-bond acceptors (Lipinski definition) is 3. The van der Waals surface area contributed by atoms with Crippen molar-refractivity contribution in [1.29, 1.82) is 0 Å². The molecule has 1 amide bonds. The van der Waals surface area contributed by atoms with Crippen molar-refractivity contribution in [3.05, 3.63) is 0 Å². The van der Waals surface area contributed by atoms with E-state index in [1.54, 1.807) is 0 Å². The SMILES string of the molecule is O=C(C1CCCCN1)N1CCC2(CCOCC2)C1. The van der Waals surface area contributed by atoms with Crippen molar-refractivity contribution in [3.63, 3.8) is 0 Å². The minimum atomic E-state index is 0.0914. The molecule has 1 unspecified atom stereocenters. The third-order valence-electron chi connectivity index (χ3n) is 4.91. The average Bonchev–Trinajstić information content (AvgIpc) is 2.83. The van der Waals surface area contributed by atoms with E-state index in [1.165, 1.54) is 19.3 Å². The van der Waals surface area contributed by atoms with Crippen molar-refractivity contribution in [3.8, 4) is 0 Å². The van der Waals surface area contributed by atoms with Gasteiger partial charge in [0.1, 0.15) is 0 Å². The smallest absolute Gasteiger partial charge is 0.239 e. The first-order chi connectivity index (χ1) is 8.79. The van der Waals surface area contributed by atoms with Crippen molar-refractivity contribution in [2.45, 2.75) is 44.6 Å². The number of rotatable bonds is 1. The van der Waals surface area contributed by atoms with Crippen LogP contribution in [0, 0.1) is 5.41 Å². The maximum Gasteiger partial charge on any atom is 0.239 e. The second kappa shape index (κ2) is 5.17. The van der Waals surface area contributed by atoms with Gasteiger partial charge in [0.2, 0.25) is 5.91 Å². The molecule has 3 aliphatic rings. The molecule has 3 aliphatic heterocycles. The predicted octanol–water partition coefficient (Wildman–Crippen LogP) is 1.16. The van der Waals surface area contributed by atoms with E-state index in [9.17, 15) is 4.79 Å². The molecule has 3 saturated heterocycles. The van der Waals surface area contributed by atoms with E-state index in [4.69, 9.17) is 4.74 Å². The van der Waals surface area contributed by atoms with Crippen LogP contribution in [-0.4, -0.2) is 49.7 Å². The molecule has 3 rings (SSSR count). The van der Waals surface area contributed by atoms with Gasteiger partial charge in [-0.2, -0.15) is 0 Å². The number of nitrogens with one attached hydrogen (secondary N) is 1. The van der Waals surface area contributed by atoms with Gasteiger partial charge < -0.3 is 15.0 Å². The fourth-order valence-electron chi connectivity index (χ4n) is 3.62. The summed E-state index contributed by atoms with van der Waals surface area (Å²) in [5, 5.41) is 3.37. The molecule has 1 N–H and O–H groups in total. The zero-order valence-electron chi connectivity index (χ0n) is 11.1. The van der Waals surface area contributed by atoms with Crippen molar-refractivity contribution >= 4 is 5.91 Å². The zero-order valence-corrected chi connectivity index (χ0v) is 11.1. The topological polar surface area (TPSA) is 41.6 Å². The number of amides is 1. The van der Waals surface area contributed by atoms with Crippen LogP contribution in [0.2, 0.25) is 0 Å². The van der Waals surface area contributed by atoms with Crippen molar-refractivity contribution in [2.75, 3.05) is 32.8 Å². The zero-order chi connectivity index (χ0) is 12.4. The predicted molar refractivity (Wildman–Crippen MR) is 69.3 cm³/mol. The van der Waals surface area contributed by atoms with E-state index in [1.807, 2.05) is 0 Å². The second-order valence-electron chi connectivity index (χ2n) is 6.12. The molecule has 0 aromatic rings. The monoisotopic (exact) mass is 252 g/mol. The summed E-state index contributed by atoms with van der Waals surface area (Å²) in [4.78, 5) is 14.6. The maximum absolute atomic E-state index is 12.5. The second-order valence-corrected chi connectivity index (χ2v) is 6.12. The van der Waals surface area contributed by atoms with Crippen LogP contribution in [-0.2, 0) is 9.53 Å². The van der Waals surface area contributed by atoms with Crippen LogP contribution in [0.4, 0.5) is 0 Å². The largest absolute Gasteiger partial charge is 0.381 e. The molecule has 4 heteroatoms. The van der Waals surface area contributed by atoms with E-state index in [2.05, 4.69) is 10.2 Å². The Bertz CT molecular complexity index is 307. The first-order valence-corrected chi connectivity index (χ1v) is 7.39. The van der Waals surface area contributed by atoms with Gasteiger partial charge in [-0.15, -0.1) is 0 Å². The Morgan fingerprint density at radius 1 is 1.22 bits per heavy atom. The molecule has 3 heterocycles. The molecule has 0 aromatic heterocycles. The molecule has 18 heavy (non-hydrogen) atoms. The van der Waals surface area contributed by atoms with Crippen LogP contribution >= 0.6 is 0 Å². The Hall–Kier alpha value is -0.610. The Labute approximate surface area is 109 Å². The summed E-state index contributed by atoms with van der Waals surface area (Å²) in [6.45, 7) is 4.68. The number of likely N-dealkylation sites (tertiary alicyclic amines) is 1. The van der Waals surface area contributed by atoms with Gasteiger partial charge in [0.15, 0.2) is 0 Å². The Kier molecular flexibility index (Phi) is 3.57. The van der Waals surface area contributed by atoms with Gasteiger partial charge in [0.25, 0.3) is 0 Å². The van der Waals surface area contributed by atoms with E-state index < -0.39 is 0 Å². The van der Waals surface area contributed by atoms with E-state index in [-0.39, 0.29) is 6.04 Å². The Morgan fingerprint density at radius 3 is 2.78 bits per heavy atom. The summed E-state index contributed by atoms with van der Waals surface area (Å²) in [5.74, 6) is 0.345. The van der Waals surface area contributed by atoms with Crippen LogP contribution in [0.3, 0.4) is 0 Å². The first kappa shape index (κ1) is 12.4. The van der Waals surface area contributed by atoms with Crippen LogP contribution in [0.5, 0.6) is 0 Å². The lowest BCUT2D eigenvalue weighted by Crippen LogP contribution is -2.48.